The highest BCUT2D eigenvalue weighted by Crippen LogP contribution is 2.37. The van der Waals surface area contributed by atoms with Gasteiger partial charge in [-0.2, -0.15) is 9.78 Å². The summed E-state index contributed by atoms with van der Waals surface area (Å²) in [7, 11) is 3.33. The molecule has 0 atom stereocenters. The smallest absolute Gasteiger partial charge is 0.282 e. The Labute approximate surface area is 213 Å². The van der Waals surface area contributed by atoms with Crippen molar-refractivity contribution in [3.63, 3.8) is 0 Å². The molecule has 0 unspecified atom stereocenters. The van der Waals surface area contributed by atoms with Gasteiger partial charge in [-0.05, 0) is 49.9 Å². The molecule has 0 bridgehead atoms. The fourth-order valence-corrected chi connectivity index (χ4v) is 5.59. The molecule has 0 N–H and O–H groups in total. The maximum absolute atomic E-state index is 13.6. The van der Waals surface area contributed by atoms with Gasteiger partial charge >= 0.3 is 0 Å². The van der Waals surface area contributed by atoms with Crippen LogP contribution in [0.25, 0.3) is 10.9 Å². The van der Waals surface area contributed by atoms with Gasteiger partial charge in [0.25, 0.3) is 5.56 Å². The van der Waals surface area contributed by atoms with Crippen molar-refractivity contribution in [2.75, 3.05) is 32.2 Å². The summed E-state index contributed by atoms with van der Waals surface area (Å²) in [6.07, 6.45) is 9.59. The van der Waals surface area contributed by atoms with E-state index in [1.807, 2.05) is 30.3 Å². The Morgan fingerprint density at radius 1 is 1.00 bits per heavy atom. The number of ether oxygens (including phenoxy) is 2. The summed E-state index contributed by atoms with van der Waals surface area (Å²) in [5.74, 6) is 2.42. The molecular weight excluding hydrogens is 508 g/mol. The minimum atomic E-state index is -0.159. The zero-order valence-corrected chi connectivity index (χ0v) is 21.9. The summed E-state index contributed by atoms with van der Waals surface area (Å²) < 4.78 is 13.8. The van der Waals surface area contributed by atoms with Crippen LogP contribution in [0.15, 0.2) is 44.7 Å². The van der Waals surface area contributed by atoms with Crippen LogP contribution >= 0.6 is 15.9 Å². The summed E-state index contributed by atoms with van der Waals surface area (Å²) in [6, 6.07) is 9.58. The van der Waals surface area contributed by atoms with E-state index in [2.05, 4.69) is 20.8 Å². The van der Waals surface area contributed by atoms with Gasteiger partial charge in [-0.25, -0.2) is 4.98 Å². The minimum absolute atomic E-state index is 0.159. The third kappa shape index (κ3) is 4.81. The molecule has 2 fully saturated rings. The molecule has 1 aliphatic heterocycles. The van der Waals surface area contributed by atoms with Gasteiger partial charge in [-0.15, -0.1) is 0 Å². The van der Waals surface area contributed by atoms with Crippen molar-refractivity contribution in [2.24, 2.45) is 5.10 Å². The molecule has 8 heteroatoms. The molecular formula is C27H31BrN4O3. The van der Waals surface area contributed by atoms with Crippen LogP contribution in [0, 0.1) is 0 Å². The Bertz CT molecular complexity index is 1310. The second kappa shape index (κ2) is 10.4. The van der Waals surface area contributed by atoms with Crippen LogP contribution in [0.2, 0.25) is 0 Å². The normalized spacial score (nSPS) is 16.9. The number of fused-ring (bicyclic) bond motifs is 1. The lowest BCUT2D eigenvalue weighted by atomic mass is 9.88. The van der Waals surface area contributed by atoms with E-state index in [0.29, 0.717) is 16.7 Å². The fraction of sp³-hybridized carbons (Fsp3) is 0.444. The monoisotopic (exact) mass is 538 g/mol. The molecule has 1 saturated carbocycles. The van der Waals surface area contributed by atoms with Crippen LogP contribution in [0.4, 0.5) is 5.69 Å². The zero-order chi connectivity index (χ0) is 24.4. The third-order valence-electron chi connectivity index (χ3n) is 7.09. The number of hydrogen-bond donors (Lipinski definition) is 0. The van der Waals surface area contributed by atoms with Crippen LogP contribution in [0.3, 0.4) is 0 Å². The number of hydrogen-bond acceptors (Lipinski definition) is 6. The quantitative estimate of drug-likeness (QED) is 0.376. The van der Waals surface area contributed by atoms with Gasteiger partial charge in [-0.1, -0.05) is 35.2 Å². The summed E-state index contributed by atoms with van der Waals surface area (Å²) in [5, 5.41) is 5.24. The van der Waals surface area contributed by atoms with Gasteiger partial charge < -0.3 is 14.4 Å². The van der Waals surface area contributed by atoms with E-state index >= 15 is 0 Å². The van der Waals surface area contributed by atoms with Gasteiger partial charge in [-0.3, -0.25) is 4.79 Å². The number of rotatable bonds is 6. The largest absolute Gasteiger partial charge is 0.496 e. The fourth-order valence-electron chi connectivity index (χ4n) is 5.23. The van der Waals surface area contributed by atoms with Gasteiger partial charge in [0.15, 0.2) is 0 Å². The van der Waals surface area contributed by atoms with E-state index in [4.69, 9.17) is 19.6 Å². The van der Waals surface area contributed by atoms with Crippen molar-refractivity contribution < 1.29 is 9.47 Å². The standard InChI is InChI=1S/C27H31BrN4O3/c1-34-24-16-23(31-12-6-7-13-31)25(35-2)14-19(24)17-29-32-26(18-8-4-3-5-9-18)30-22-11-10-20(28)15-21(22)27(32)33/h10-11,14-18H,3-9,12-13H2,1-2H3. The summed E-state index contributed by atoms with van der Waals surface area (Å²) >= 11 is 3.48. The number of anilines is 1. The Kier molecular flexibility index (Phi) is 7.09. The third-order valence-corrected chi connectivity index (χ3v) is 7.59. The molecule has 0 radical (unpaired) electrons. The lowest BCUT2D eigenvalue weighted by Gasteiger charge is -2.23. The summed E-state index contributed by atoms with van der Waals surface area (Å²) in [4.78, 5) is 20.8. The summed E-state index contributed by atoms with van der Waals surface area (Å²) in [5.41, 5.74) is 2.33. The molecule has 1 aliphatic carbocycles. The van der Waals surface area contributed by atoms with Crippen molar-refractivity contribution in [3.05, 3.63) is 56.5 Å². The first kappa shape index (κ1) is 23.9. The lowest BCUT2D eigenvalue weighted by molar-refractivity contribution is 0.402. The van der Waals surface area contributed by atoms with Crippen LogP contribution in [0.1, 0.15) is 62.3 Å². The molecule has 0 amide bonds. The molecule has 2 heterocycles. The molecule has 35 heavy (non-hydrogen) atoms. The number of benzene rings is 2. The highest BCUT2D eigenvalue weighted by molar-refractivity contribution is 9.10. The number of aromatic nitrogens is 2. The summed E-state index contributed by atoms with van der Waals surface area (Å²) in [6.45, 7) is 2.01. The van der Waals surface area contributed by atoms with Crippen LogP contribution in [-0.2, 0) is 0 Å². The predicted octanol–water partition coefficient (Wildman–Crippen LogP) is 5.71. The van der Waals surface area contributed by atoms with Gasteiger partial charge in [0, 0.05) is 35.1 Å². The van der Waals surface area contributed by atoms with Crippen molar-refractivity contribution >= 4 is 38.7 Å². The Hall–Kier alpha value is -2.87. The average molecular weight is 539 g/mol. The van der Waals surface area contributed by atoms with E-state index in [9.17, 15) is 4.79 Å². The van der Waals surface area contributed by atoms with Crippen LogP contribution in [-0.4, -0.2) is 43.2 Å². The maximum atomic E-state index is 13.6. The maximum Gasteiger partial charge on any atom is 0.282 e. The lowest BCUT2D eigenvalue weighted by Crippen LogP contribution is -2.25. The highest BCUT2D eigenvalue weighted by atomic mass is 79.9. The second-order valence-electron chi connectivity index (χ2n) is 9.29. The molecule has 1 aromatic heterocycles. The highest BCUT2D eigenvalue weighted by Gasteiger charge is 2.23. The average Bonchev–Trinajstić information content (AvgIpc) is 3.43. The Balaban J connectivity index is 1.61. The molecule has 5 rings (SSSR count). The molecule has 2 aliphatic rings. The number of methoxy groups -OCH3 is 2. The second-order valence-corrected chi connectivity index (χ2v) is 10.2. The molecule has 184 valence electrons. The van der Waals surface area contributed by atoms with Gasteiger partial charge in [0.05, 0.1) is 37.0 Å². The van der Waals surface area contributed by atoms with E-state index in [-0.39, 0.29) is 11.5 Å². The van der Waals surface area contributed by atoms with Crippen LogP contribution in [0.5, 0.6) is 11.5 Å². The van der Waals surface area contributed by atoms with E-state index in [1.54, 1.807) is 20.4 Å². The van der Waals surface area contributed by atoms with Gasteiger partial charge in [0.1, 0.15) is 17.3 Å². The molecule has 2 aromatic carbocycles. The first-order chi connectivity index (χ1) is 17.1. The Morgan fingerprint density at radius 2 is 1.74 bits per heavy atom. The minimum Gasteiger partial charge on any atom is -0.496 e. The predicted molar refractivity (Wildman–Crippen MR) is 144 cm³/mol. The van der Waals surface area contributed by atoms with Crippen molar-refractivity contribution in [3.8, 4) is 11.5 Å². The van der Waals surface area contributed by atoms with Crippen molar-refractivity contribution in [2.45, 2.75) is 50.9 Å². The first-order valence-electron chi connectivity index (χ1n) is 12.4. The molecule has 1 saturated heterocycles. The molecule has 7 nitrogen and oxygen atoms in total. The Morgan fingerprint density at radius 3 is 2.46 bits per heavy atom. The van der Waals surface area contributed by atoms with Crippen molar-refractivity contribution in [1.29, 1.82) is 0 Å². The van der Waals surface area contributed by atoms with Crippen LogP contribution < -0.4 is 19.9 Å². The molecule has 0 spiro atoms. The van der Waals surface area contributed by atoms with E-state index in [0.717, 1.165) is 66.1 Å². The molecule has 3 aromatic rings. The van der Waals surface area contributed by atoms with E-state index in [1.165, 1.54) is 23.9 Å². The number of nitrogens with zero attached hydrogens (tertiary/aromatic N) is 4. The van der Waals surface area contributed by atoms with E-state index < -0.39 is 0 Å². The first-order valence-corrected chi connectivity index (χ1v) is 13.2. The number of halogens is 1. The zero-order valence-electron chi connectivity index (χ0n) is 20.3. The van der Waals surface area contributed by atoms with Gasteiger partial charge in [0.2, 0.25) is 0 Å². The topological polar surface area (TPSA) is 69.0 Å². The SMILES string of the molecule is COc1cc(N2CCCC2)c(OC)cc1C=Nn1c(C2CCCCC2)nc2ccc(Br)cc2c1=O. The van der Waals surface area contributed by atoms with Crippen molar-refractivity contribution in [1.82, 2.24) is 9.66 Å².